The van der Waals surface area contributed by atoms with Gasteiger partial charge in [-0.3, -0.25) is 0 Å². The zero-order chi connectivity index (χ0) is 12.3. The van der Waals surface area contributed by atoms with Crippen LogP contribution in [0, 0.1) is 5.82 Å². The van der Waals surface area contributed by atoms with Crippen molar-refractivity contribution in [1.82, 2.24) is 4.98 Å². The first-order valence-electron chi connectivity index (χ1n) is 4.88. The summed E-state index contributed by atoms with van der Waals surface area (Å²) in [6.07, 6.45) is 1.39. The van der Waals surface area contributed by atoms with E-state index in [4.69, 9.17) is 21.4 Å². The molecule has 1 aromatic heterocycles. The molecule has 0 aliphatic rings. The van der Waals surface area contributed by atoms with Crippen molar-refractivity contribution >= 4 is 11.6 Å². The minimum atomic E-state index is -0.336. The fourth-order valence-corrected chi connectivity index (χ4v) is 1.42. The minimum absolute atomic E-state index is 0.193. The fraction of sp³-hybridized carbons (Fsp3) is 0.0833. The quantitative estimate of drug-likeness (QED) is 0.914. The second kappa shape index (κ2) is 5.12. The smallest absolute Gasteiger partial charge is 0.219 e. The topological polar surface area (TPSA) is 42.4 Å². The van der Waals surface area contributed by atoms with Crippen LogP contribution in [0.3, 0.4) is 0 Å². The molecule has 0 unspecified atom stereocenters. The number of hydrogen-bond donors (Lipinski definition) is 1. The minimum Gasteiger partial charge on any atom is -0.439 e. The van der Waals surface area contributed by atoms with Gasteiger partial charge in [0, 0.05) is 17.8 Å². The molecule has 0 bridgehead atoms. The highest BCUT2D eigenvalue weighted by Crippen LogP contribution is 2.23. The summed E-state index contributed by atoms with van der Waals surface area (Å²) in [6.45, 7) is -0.193. The van der Waals surface area contributed by atoms with E-state index in [-0.39, 0.29) is 12.4 Å². The molecule has 0 amide bonds. The van der Waals surface area contributed by atoms with E-state index in [2.05, 4.69) is 4.98 Å². The van der Waals surface area contributed by atoms with Crippen molar-refractivity contribution in [2.45, 2.75) is 6.61 Å². The van der Waals surface area contributed by atoms with Crippen LogP contribution in [0.25, 0.3) is 0 Å². The van der Waals surface area contributed by atoms with Gasteiger partial charge in [0.15, 0.2) is 0 Å². The largest absolute Gasteiger partial charge is 0.439 e. The second-order valence-electron chi connectivity index (χ2n) is 3.33. The summed E-state index contributed by atoms with van der Waals surface area (Å²) >= 11 is 5.79. The highest BCUT2D eigenvalue weighted by molar-refractivity contribution is 6.31. The Morgan fingerprint density at radius 2 is 2.00 bits per heavy atom. The molecule has 2 aromatic rings. The first-order valence-corrected chi connectivity index (χ1v) is 5.25. The van der Waals surface area contributed by atoms with Crippen LogP contribution in [-0.2, 0) is 6.61 Å². The maximum Gasteiger partial charge on any atom is 0.219 e. The van der Waals surface area contributed by atoms with Gasteiger partial charge >= 0.3 is 0 Å². The molecule has 2 rings (SSSR count). The number of ether oxygens (including phenoxy) is 1. The van der Waals surface area contributed by atoms with Gasteiger partial charge in [-0.1, -0.05) is 11.6 Å². The van der Waals surface area contributed by atoms with Crippen molar-refractivity contribution in [2.75, 3.05) is 0 Å². The average molecular weight is 254 g/mol. The van der Waals surface area contributed by atoms with E-state index in [9.17, 15) is 4.39 Å². The third kappa shape index (κ3) is 2.93. The van der Waals surface area contributed by atoms with Crippen molar-refractivity contribution in [3.05, 3.63) is 52.9 Å². The van der Waals surface area contributed by atoms with Gasteiger partial charge in [-0.15, -0.1) is 0 Å². The van der Waals surface area contributed by atoms with E-state index in [1.165, 1.54) is 36.5 Å². The van der Waals surface area contributed by atoms with Gasteiger partial charge in [0.05, 0.1) is 11.6 Å². The van der Waals surface area contributed by atoms with Gasteiger partial charge in [0.25, 0.3) is 0 Å². The summed E-state index contributed by atoms with van der Waals surface area (Å²) < 4.78 is 18.1. The molecule has 0 spiro atoms. The zero-order valence-corrected chi connectivity index (χ0v) is 9.49. The van der Waals surface area contributed by atoms with Gasteiger partial charge in [0.1, 0.15) is 11.6 Å². The van der Waals surface area contributed by atoms with Crippen LogP contribution in [0.5, 0.6) is 11.6 Å². The highest BCUT2D eigenvalue weighted by atomic mass is 35.5. The number of aliphatic hydroxyl groups is 1. The zero-order valence-electron chi connectivity index (χ0n) is 8.73. The number of halogens is 2. The van der Waals surface area contributed by atoms with Gasteiger partial charge in [0.2, 0.25) is 5.88 Å². The summed E-state index contributed by atoms with van der Waals surface area (Å²) in [5.74, 6) is 0.424. The van der Waals surface area contributed by atoms with Crippen molar-refractivity contribution in [3.63, 3.8) is 0 Å². The maximum atomic E-state index is 12.7. The van der Waals surface area contributed by atoms with Crippen LogP contribution in [0.1, 0.15) is 5.56 Å². The lowest BCUT2D eigenvalue weighted by Crippen LogP contribution is -1.92. The van der Waals surface area contributed by atoms with Gasteiger partial charge < -0.3 is 9.84 Å². The molecule has 17 heavy (non-hydrogen) atoms. The lowest BCUT2D eigenvalue weighted by molar-refractivity contribution is 0.281. The molecule has 1 heterocycles. The molecule has 0 aliphatic heterocycles. The maximum absolute atomic E-state index is 12.7. The summed E-state index contributed by atoms with van der Waals surface area (Å²) in [5, 5.41) is 9.40. The third-order valence-corrected chi connectivity index (χ3v) is 2.46. The number of nitrogens with zero attached hydrogens (tertiary/aromatic N) is 1. The second-order valence-corrected chi connectivity index (χ2v) is 3.74. The van der Waals surface area contributed by atoms with Gasteiger partial charge in [-0.05, 0) is 24.3 Å². The van der Waals surface area contributed by atoms with E-state index >= 15 is 0 Å². The van der Waals surface area contributed by atoms with Crippen molar-refractivity contribution in [3.8, 4) is 11.6 Å². The fourth-order valence-electron chi connectivity index (χ4n) is 1.26. The van der Waals surface area contributed by atoms with E-state index in [1.54, 1.807) is 0 Å². The first kappa shape index (κ1) is 11.8. The molecule has 1 aromatic carbocycles. The van der Waals surface area contributed by atoms with E-state index in [0.717, 1.165) is 0 Å². The summed E-state index contributed by atoms with van der Waals surface area (Å²) in [6, 6.07) is 7.09. The molecule has 88 valence electrons. The Labute approximate surface area is 102 Å². The van der Waals surface area contributed by atoms with Crippen LogP contribution in [0.15, 0.2) is 36.5 Å². The molecule has 0 radical (unpaired) electrons. The van der Waals surface area contributed by atoms with Crippen LogP contribution in [0.2, 0.25) is 5.02 Å². The Kier molecular flexibility index (Phi) is 3.56. The third-order valence-electron chi connectivity index (χ3n) is 2.12. The molecule has 0 saturated heterocycles. The normalized spacial score (nSPS) is 10.3. The van der Waals surface area contributed by atoms with Gasteiger partial charge in [-0.25, -0.2) is 9.37 Å². The summed E-state index contributed by atoms with van der Waals surface area (Å²) in [4.78, 5) is 3.95. The highest BCUT2D eigenvalue weighted by Gasteiger charge is 2.04. The Balaban J connectivity index is 2.21. The number of aromatic nitrogens is 1. The Hall–Kier alpha value is -1.65. The van der Waals surface area contributed by atoms with Crippen LogP contribution in [0.4, 0.5) is 4.39 Å². The predicted octanol–water partition coefficient (Wildman–Crippen LogP) is 3.16. The number of pyridine rings is 1. The SMILES string of the molecule is OCc1cc(Oc2ccc(F)cc2)ncc1Cl. The average Bonchev–Trinajstić information content (AvgIpc) is 2.34. The molecule has 3 nitrogen and oxygen atoms in total. The monoisotopic (exact) mass is 253 g/mol. The number of aliphatic hydroxyl groups excluding tert-OH is 1. The van der Waals surface area contributed by atoms with E-state index < -0.39 is 0 Å². The van der Waals surface area contributed by atoms with Crippen molar-refractivity contribution in [1.29, 1.82) is 0 Å². The molecular formula is C12H9ClFNO2. The number of benzene rings is 1. The Morgan fingerprint density at radius 1 is 1.29 bits per heavy atom. The van der Waals surface area contributed by atoms with Crippen LogP contribution in [-0.4, -0.2) is 10.1 Å². The molecule has 5 heteroatoms. The molecule has 0 aliphatic carbocycles. The van der Waals surface area contributed by atoms with Crippen molar-refractivity contribution in [2.24, 2.45) is 0 Å². The van der Waals surface area contributed by atoms with Crippen LogP contribution < -0.4 is 4.74 Å². The molecule has 1 N–H and O–H groups in total. The number of hydrogen-bond acceptors (Lipinski definition) is 3. The van der Waals surface area contributed by atoms with Gasteiger partial charge in [-0.2, -0.15) is 0 Å². The lowest BCUT2D eigenvalue weighted by atomic mass is 10.3. The predicted molar refractivity (Wildman–Crippen MR) is 61.6 cm³/mol. The summed E-state index contributed by atoms with van der Waals surface area (Å²) in [5.41, 5.74) is 0.527. The lowest BCUT2D eigenvalue weighted by Gasteiger charge is -2.06. The van der Waals surface area contributed by atoms with E-state index in [1.807, 2.05) is 0 Å². The molecule has 0 saturated carbocycles. The molecule has 0 fully saturated rings. The Bertz CT molecular complexity index is 516. The summed E-state index contributed by atoms with van der Waals surface area (Å²) in [7, 11) is 0. The standard InChI is InChI=1S/C12H9ClFNO2/c13-11-6-15-12(5-8(11)7-16)17-10-3-1-9(14)2-4-10/h1-6,16H,7H2. The Morgan fingerprint density at radius 3 is 2.65 bits per heavy atom. The first-order chi connectivity index (χ1) is 8.19. The van der Waals surface area contributed by atoms with E-state index in [0.29, 0.717) is 22.2 Å². The van der Waals surface area contributed by atoms with Crippen molar-refractivity contribution < 1.29 is 14.2 Å². The number of rotatable bonds is 3. The molecule has 0 atom stereocenters. The molecular weight excluding hydrogens is 245 g/mol. The van der Waals surface area contributed by atoms with Crippen LogP contribution >= 0.6 is 11.6 Å².